The number of nitrogens with zero attached hydrogens (tertiary/aromatic N) is 8. The van der Waals surface area contributed by atoms with Crippen LogP contribution >= 0.6 is 0 Å². The highest BCUT2D eigenvalue weighted by Gasteiger charge is 2.20. The number of fused-ring (bicyclic) bond motifs is 4. The van der Waals surface area contributed by atoms with Crippen LogP contribution < -0.4 is 5.73 Å². The van der Waals surface area contributed by atoms with Crippen LogP contribution in [0.4, 0.5) is 5.95 Å². The minimum Gasteiger partial charge on any atom is -0.461 e. The summed E-state index contributed by atoms with van der Waals surface area (Å²) in [5.41, 5.74) is 10.8. The zero-order chi connectivity index (χ0) is 25.6. The van der Waals surface area contributed by atoms with Gasteiger partial charge in [-0.1, -0.05) is 12.1 Å². The SMILES string of the molecule is CC(c1ccc2cc(CCn3ncc4c3nc(N)n3nc(-c5ccco5)nc43)ccc2n1)N1CCOCC1. The van der Waals surface area contributed by atoms with Gasteiger partial charge in [-0.3, -0.25) is 9.88 Å². The molecule has 1 fully saturated rings. The lowest BCUT2D eigenvalue weighted by atomic mass is 10.1. The second kappa shape index (κ2) is 9.19. The number of aryl methyl sites for hydroxylation is 2. The van der Waals surface area contributed by atoms with Crippen molar-refractivity contribution in [3.63, 3.8) is 0 Å². The lowest BCUT2D eigenvalue weighted by molar-refractivity contribution is 0.0191. The van der Waals surface area contributed by atoms with Gasteiger partial charge in [0.1, 0.15) is 0 Å². The average molecular weight is 510 g/mol. The number of hydrogen-bond acceptors (Lipinski definition) is 9. The van der Waals surface area contributed by atoms with Crippen molar-refractivity contribution in [1.29, 1.82) is 0 Å². The summed E-state index contributed by atoms with van der Waals surface area (Å²) in [6.45, 7) is 6.31. The lowest BCUT2D eigenvalue weighted by Crippen LogP contribution is -2.38. The number of benzene rings is 1. The van der Waals surface area contributed by atoms with E-state index in [1.54, 1.807) is 18.5 Å². The van der Waals surface area contributed by atoms with Crippen molar-refractivity contribution in [2.24, 2.45) is 0 Å². The van der Waals surface area contributed by atoms with Crippen molar-refractivity contribution in [2.45, 2.75) is 25.9 Å². The molecule has 6 aromatic rings. The number of furan rings is 1. The summed E-state index contributed by atoms with van der Waals surface area (Å²) in [6.07, 6.45) is 4.14. The van der Waals surface area contributed by atoms with Crippen LogP contribution in [0.5, 0.6) is 0 Å². The predicted octanol–water partition coefficient (Wildman–Crippen LogP) is 3.50. The Bertz CT molecular complexity index is 1750. The van der Waals surface area contributed by atoms with Gasteiger partial charge < -0.3 is 14.9 Å². The Kier molecular flexibility index (Phi) is 5.52. The first-order chi connectivity index (χ1) is 18.6. The van der Waals surface area contributed by atoms with Crippen LogP contribution in [0.1, 0.15) is 24.2 Å². The minimum absolute atomic E-state index is 0.249. The standard InChI is InChI=1S/C27H27N9O2/c1-17(34-10-13-37-14-11-34)21-7-5-19-15-18(4-6-22(19)30-21)8-9-35-25-20(16-29-35)26-31-24(23-3-2-12-38-23)33-36(26)27(28)32-25/h2-7,12,15-17H,8-11,13-14H2,1H3,(H2,28,32). The average Bonchev–Trinajstić information content (AvgIpc) is 3.72. The maximum absolute atomic E-state index is 6.23. The predicted molar refractivity (Wildman–Crippen MR) is 142 cm³/mol. The second-order valence-electron chi connectivity index (χ2n) is 9.56. The third kappa shape index (κ3) is 3.96. The molecule has 1 atom stereocenters. The molecule has 1 aliphatic heterocycles. The molecule has 1 aromatic carbocycles. The third-order valence-electron chi connectivity index (χ3n) is 7.25. The first-order valence-corrected chi connectivity index (χ1v) is 12.8. The first kappa shape index (κ1) is 22.8. The molecule has 0 spiro atoms. The molecular formula is C27H27N9O2. The Morgan fingerprint density at radius 3 is 2.76 bits per heavy atom. The molecule has 5 aromatic heterocycles. The molecule has 7 rings (SSSR count). The van der Waals surface area contributed by atoms with Crippen LogP contribution in [0.3, 0.4) is 0 Å². The summed E-state index contributed by atoms with van der Waals surface area (Å²) in [5.74, 6) is 1.27. The Morgan fingerprint density at radius 1 is 1.03 bits per heavy atom. The molecule has 1 unspecified atom stereocenters. The normalized spacial score (nSPS) is 15.6. The summed E-state index contributed by atoms with van der Waals surface area (Å²) < 4.78 is 14.3. The maximum Gasteiger partial charge on any atom is 0.225 e. The van der Waals surface area contributed by atoms with Crippen LogP contribution in [-0.4, -0.2) is 65.5 Å². The number of anilines is 1. The number of aromatic nitrogens is 7. The molecule has 6 heterocycles. The van der Waals surface area contributed by atoms with Gasteiger partial charge in [-0.25, -0.2) is 9.67 Å². The Labute approximate surface area is 217 Å². The van der Waals surface area contributed by atoms with Gasteiger partial charge in [-0.2, -0.15) is 14.6 Å². The Balaban J connectivity index is 1.12. The fourth-order valence-electron chi connectivity index (χ4n) is 5.10. The number of nitrogen functional groups attached to an aromatic ring is 1. The summed E-state index contributed by atoms with van der Waals surface area (Å²) >= 11 is 0. The number of rotatable bonds is 6. The van der Waals surface area contributed by atoms with Gasteiger partial charge >= 0.3 is 0 Å². The molecule has 0 radical (unpaired) electrons. The van der Waals surface area contributed by atoms with Crippen LogP contribution in [0.25, 0.3) is 39.2 Å². The number of ether oxygens (including phenoxy) is 1. The topological polar surface area (TPSA) is 125 Å². The van der Waals surface area contributed by atoms with E-state index < -0.39 is 0 Å². The molecule has 38 heavy (non-hydrogen) atoms. The van der Waals surface area contributed by atoms with Gasteiger partial charge in [0.05, 0.1) is 42.3 Å². The number of nitrogens with two attached hydrogens (primary N) is 1. The zero-order valence-corrected chi connectivity index (χ0v) is 21.0. The van der Waals surface area contributed by atoms with E-state index in [1.807, 2.05) is 10.7 Å². The maximum atomic E-state index is 6.23. The summed E-state index contributed by atoms with van der Waals surface area (Å²) in [7, 11) is 0. The smallest absolute Gasteiger partial charge is 0.225 e. The number of pyridine rings is 1. The van der Waals surface area contributed by atoms with E-state index in [4.69, 9.17) is 19.9 Å². The molecule has 0 bridgehead atoms. The van der Waals surface area contributed by atoms with Crippen molar-refractivity contribution >= 4 is 33.5 Å². The van der Waals surface area contributed by atoms with Crippen LogP contribution in [0.15, 0.2) is 59.3 Å². The molecule has 1 aliphatic rings. The Hall–Kier alpha value is -4.35. The van der Waals surface area contributed by atoms with Crippen molar-refractivity contribution in [2.75, 3.05) is 32.0 Å². The molecular weight excluding hydrogens is 482 g/mol. The summed E-state index contributed by atoms with van der Waals surface area (Å²) in [4.78, 5) is 16.6. The quantitative estimate of drug-likeness (QED) is 0.359. The van der Waals surface area contributed by atoms with Crippen molar-refractivity contribution in [3.05, 3.63) is 66.2 Å². The molecule has 0 saturated carbocycles. The molecule has 0 aliphatic carbocycles. The lowest BCUT2D eigenvalue weighted by Gasteiger charge is -2.32. The largest absolute Gasteiger partial charge is 0.461 e. The highest BCUT2D eigenvalue weighted by molar-refractivity contribution is 5.90. The minimum atomic E-state index is 0.249. The molecule has 2 N–H and O–H groups in total. The van der Waals surface area contributed by atoms with Gasteiger partial charge in [-0.15, -0.1) is 5.10 Å². The molecule has 192 valence electrons. The van der Waals surface area contributed by atoms with Crippen LogP contribution in [-0.2, 0) is 17.7 Å². The van der Waals surface area contributed by atoms with E-state index in [0.717, 1.165) is 54.7 Å². The monoisotopic (exact) mass is 509 g/mol. The van der Waals surface area contributed by atoms with Crippen LogP contribution in [0.2, 0.25) is 0 Å². The number of hydrogen-bond donors (Lipinski definition) is 1. The van der Waals surface area contributed by atoms with Crippen LogP contribution in [0, 0.1) is 0 Å². The fourth-order valence-corrected chi connectivity index (χ4v) is 5.10. The van der Waals surface area contributed by atoms with Crippen molar-refractivity contribution < 1.29 is 9.15 Å². The zero-order valence-electron chi connectivity index (χ0n) is 21.0. The summed E-state index contributed by atoms with van der Waals surface area (Å²) in [5, 5.41) is 10.9. The van der Waals surface area contributed by atoms with E-state index >= 15 is 0 Å². The van der Waals surface area contributed by atoms with Crippen molar-refractivity contribution in [3.8, 4) is 11.6 Å². The van der Waals surface area contributed by atoms with Gasteiger partial charge in [0.25, 0.3) is 0 Å². The van der Waals surface area contributed by atoms with E-state index in [9.17, 15) is 0 Å². The van der Waals surface area contributed by atoms with E-state index in [1.165, 1.54) is 10.1 Å². The molecule has 11 heteroatoms. The van der Waals surface area contributed by atoms with E-state index in [2.05, 4.69) is 62.3 Å². The summed E-state index contributed by atoms with van der Waals surface area (Å²) in [6, 6.07) is 14.6. The van der Waals surface area contributed by atoms with E-state index in [0.29, 0.717) is 29.4 Å². The van der Waals surface area contributed by atoms with Gasteiger partial charge in [0.2, 0.25) is 11.8 Å². The fraction of sp³-hybridized carbons (Fsp3) is 0.296. The first-order valence-electron chi connectivity index (χ1n) is 12.8. The molecule has 0 amide bonds. The highest BCUT2D eigenvalue weighted by atomic mass is 16.5. The van der Waals surface area contributed by atoms with Gasteiger partial charge in [0, 0.05) is 31.1 Å². The van der Waals surface area contributed by atoms with Gasteiger partial charge in [0.15, 0.2) is 17.1 Å². The molecule has 11 nitrogen and oxygen atoms in total. The van der Waals surface area contributed by atoms with Crippen molar-refractivity contribution in [1.82, 2.24) is 39.2 Å². The highest BCUT2D eigenvalue weighted by Crippen LogP contribution is 2.25. The molecule has 1 saturated heterocycles. The van der Waals surface area contributed by atoms with Gasteiger partial charge in [-0.05, 0) is 49.2 Å². The second-order valence-corrected chi connectivity index (χ2v) is 9.56. The van der Waals surface area contributed by atoms with E-state index in [-0.39, 0.29) is 12.0 Å². The number of morpholine rings is 1. The Morgan fingerprint density at radius 2 is 1.92 bits per heavy atom. The third-order valence-corrected chi connectivity index (χ3v) is 7.25.